The van der Waals surface area contributed by atoms with Gasteiger partial charge in [0.2, 0.25) is 5.91 Å². The fourth-order valence-electron chi connectivity index (χ4n) is 2.10. The van der Waals surface area contributed by atoms with Gasteiger partial charge in [-0.15, -0.1) is 11.8 Å². The summed E-state index contributed by atoms with van der Waals surface area (Å²) in [6, 6.07) is 10.4. The van der Waals surface area contributed by atoms with Crippen LogP contribution in [0.25, 0.3) is 0 Å². The van der Waals surface area contributed by atoms with E-state index in [0.29, 0.717) is 10.5 Å². The molecule has 2 nitrogen and oxygen atoms in total. The van der Waals surface area contributed by atoms with Gasteiger partial charge in [-0.25, -0.2) is 8.78 Å². The predicted molar refractivity (Wildman–Crippen MR) is 87.6 cm³/mol. The third-order valence-corrected chi connectivity index (χ3v) is 5.02. The Balaban J connectivity index is 1.85. The number of nitrogens with one attached hydrogen (secondary N) is 1. The van der Waals surface area contributed by atoms with Crippen molar-refractivity contribution >= 4 is 29.3 Å². The van der Waals surface area contributed by atoms with Gasteiger partial charge < -0.3 is 5.32 Å². The zero-order valence-corrected chi connectivity index (χ0v) is 13.6. The maximum absolute atomic E-state index is 13.3. The molecule has 1 N–H and O–H groups in total. The quantitative estimate of drug-likeness (QED) is 0.787. The summed E-state index contributed by atoms with van der Waals surface area (Å²) in [7, 11) is 0. The molecule has 1 atom stereocenters. The summed E-state index contributed by atoms with van der Waals surface area (Å²) in [4.78, 5) is 13.2. The molecule has 0 bridgehead atoms. The molecule has 6 heteroatoms. The number of amides is 1. The van der Waals surface area contributed by atoms with Crippen molar-refractivity contribution in [3.8, 4) is 0 Å². The lowest BCUT2D eigenvalue weighted by Gasteiger charge is -2.17. The average molecular weight is 354 g/mol. The van der Waals surface area contributed by atoms with Gasteiger partial charge in [-0.3, -0.25) is 4.79 Å². The maximum atomic E-state index is 13.3. The number of thioether (sulfide) groups is 1. The van der Waals surface area contributed by atoms with E-state index < -0.39 is 11.1 Å². The lowest BCUT2D eigenvalue weighted by Crippen LogP contribution is -2.29. The molecular formula is C17H14ClF2NOS. The third-order valence-electron chi connectivity index (χ3n) is 3.48. The Labute approximate surface area is 142 Å². The summed E-state index contributed by atoms with van der Waals surface area (Å²) in [5, 5.41) is 2.42. The van der Waals surface area contributed by atoms with Crippen LogP contribution in [0.15, 0.2) is 47.4 Å². The van der Waals surface area contributed by atoms with E-state index in [1.807, 2.05) is 0 Å². The van der Waals surface area contributed by atoms with E-state index in [1.54, 1.807) is 18.2 Å². The van der Waals surface area contributed by atoms with Gasteiger partial charge in [0.1, 0.15) is 16.9 Å². The molecule has 1 fully saturated rings. The largest absolute Gasteiger partial charge is 0.352 e. The van der Waals surface area contributed by atoms with Crippen LogP contribution in [-0.2, 0) is 4.79 Å². The molecule has 1 aliphatic carbocycles. The van der Waals surface area contributed by atoms with Crippen LogP contribution < -0.4 is 5.32 Å². The highest BCUT2D eigenvalue weighted by Gasteiger charge is 2.29. The number of carbonyl (C=O) groups excluding carboxylic acids is 1. The SMILES string of the molecule is O=C(NC1CC1)C(Sc1ccc(F)c(Cl)c1)c1ccc(F)cc1. The maximum Gasteiger partial charge on any atom is 0.238 e. The molecule has 1 amide bonds. The first-order chi connectivity index (χ1) is 11.0. The minimum Gasteiger partial charge on any atom is -0.352 e. The van der Waals surface area contributed by atoms with Gasteiger partial charge in [0, 0.05) is 10.9 Å². The number of carbonyl (C=O) groups is 1. The van der Waals surface area contributed by atoms with Crippen molar-refractivity contribution in [3.05, 3.63) is 64.7 Å². The first-order valence-corrected chi connectivity index (χ1v) is 8.46. The molecule has 1 unspecified atom stereocenters. The molecule has 0 spiro atoms. The van der Waals surface area contributed by atoms with E-state index >= 15 is 0 Å². The molecule has 120 valence electrons. The number of halogens is 3. The number of benzene rings is 2. The van der Waals surface area contributed by atoms with Crippen LogP contribution >= 0.6 is 23.4 Å². The van der Waals surface area contributed by atoms with Crippen LogP contribution in [0.4, 0.5) is 8.78 Å². The van der Waals surface area contributed by atoms with Crippen LogP contribution in [0.3, 0.4) is 0 Å². The second-order valence-electron chi connectivity index (χ2n) is 5.41. The highest BCUT2D eigenvalue weighted by atomic mass is 35.5. The highest BCUT2D eigenvalue weighted by molar-refractivity contribution is 8.00. The van der Waals surface area contributed by atoms with E-state index in [2.05, 4.69) is 5.32 Å². The molecule has 2 aromatic rings. The minimum absolute atomic E-state index is 0.00968. The van der Waals surface area contributed by atoms with Crippen molar-refractivity contribution in [2.24, 2.45) is 0 Å². The first-order valence-electron chi connectivity index (χ1n) is 7.20. The van der Waals surface area contributed by atoms with E-state index in [1.165, 1.54) is 36.0 Å². The highest BCUT2D eigenvalue weighted by Crippen LogP contribution is 2.37. The number of rotatable bonds is 5. The summed E-state index contributed by atoms with van der Waals surface area (Å²) in [5.74, 6) is -0.994. The van der Waals surface area contributed by atoms with Crippen molar-refractivity contribution < 1.29 is 13.6 Å². The van der Waals surface area contributed by atoms with Gasteiger partial charge in [-0.2, -0.15) is 0 Å². The zero-order valence-electron chi connectivity index (χ0n) is 12.1. The summed E-state index contributed by atoms with van der Waals surface area (Å²) in [5.41, 5.74) is 0.690. The molecule has 1 aliphatic rings. The Hall–Kier alpha value is -1.59. The van der Waals surface area contributed by atoms with Crippen molar-refractivity contribution in [3.63, 3.8) is 0 Å². The summed E-state index contributed by atoms with van der Waals surface area (Å²) in [6.07, 6.45) is 1.96. The molecule has 0 aromatic heterocycles. The molecule has 3 rings (SSSR count). The molecule has 0 heterocycles. The van der Waals surface area contributed by atoms with Crippen LogP contribution in [0, 0.1) is 11.6 Å². The Bertz CT molecular complexity index is 719. The molecule has 1 saturated carbocycles. The van der Waals surface area contributed by atoms with E-state index in [-0.39, 0.29) is 22.8 Å². The predicted octanol–water partition coefficient (Wildman–Crippen LogP) is 4.73. The second kappa shape index (κ2) is 6.89. The molecule has 0 saturated heterocycles. The Kier molecular flexibility index (Phi) is 4.87. The molecule has 23 heavy (non-hydrogen) atoms. The lowest BCUT2D eigenvalue weighted by atomic mass is 10.1. The van der Waals surface area contributed by atoms with E-state index in [9.17, 15) is 13.6 Å². The Morgan fingerprint density at radius 1 is 1.17 bits per heavy atom. The fourth-order valence-corrected chi connectivity index (χ4v) is 3.42. The molecule has 0 radical (unpaired) electrons. The summed E-state index contributed by atoms with van der Waals surface area (Å²) in [6.45, 7) is 0. The van der Waals surface area contributed by atoms with Crippen LogP contribution in [0.1, 0.15) is 23.7 Å². The van der Waals surface area contributed by atoms with Gasteiger partial charge in [0.25, 0.3) is 0 Å². The van der Waals surface area contributed by atoms with Crippen molar-refractivity contribution in [1.82, 2.24) is 5.32 Å². The first kappa shape index (κ1) is 16.3. The normalized spacial score (nSPS) is 15.3. The topological polar surface area (TPSA) is 29.1 Å². The van der Waals surface area contributed by atoms with Gasteiger partial charge in [-0.1, -0.05) is 23.7 Å². The van der Waals surface area contributed by atoms with Gasteiger partial charge >= 0.3 is 0 Å². The minimum atomic E-state index is -0.544. The van der Waals surface area contributed by atoms with Crippen LogP contribution in [-0.4, -0.2) is 11.9 Å². The monoisotopic (exact) mass is 353 g/mol. The van der Waals surface area contributed by atoms with Gasteiger partial charge in [0.05, 0.1) is 5.02 Å². The molecular weight excluding hydrogens is 340 g/mol. The second-order valence-corrected chi connectivity index (χ2v) is 6.99. The van der Waals surface area contributed by atoms with E-state index in [4.69, 9.17) is 11.6 Å². The lowest BCUT2D eigenvalue weighted by molar-refractivity contribution is -0.120. The molecule has 0 aliphatic heterocycles. The average Bonchev–Trinajstić information content (AvgIpc) is 3.33. The summed E-state index contributed by atoms with van der Waals surface area (Å²) < 4.78 is 26.4. The van der Waals surface area contributed by atoms with E-state index in [0.717, 1.165) is 12.8 Å². The Morgan fingerprint density at radius 2 is 1.87 bits per heavy atom. The van der Waals surface area contributed by atoms with Crippen molar-refractivity contribution in [1.29, 1.82) is 0 Å². The number of hydrogen-bond acceptors (Lipinski definition) is 2. The van der Waals surface area contributed by atoms with Crippen LogP contribution in [0.5, 0.6) is 0 Å². The van der Waals surface area contributed by atoms with Crippen molar-refractivity contribution in [2.45, 2.75) is 29.0 Å². The van der Waals surface area contributed by atoms with Gasteiger partial charge in [-0.05, 0) is 48.7 Å². The summed E-state index contributed by atoms with van der Waals surface area (Å²) >= 11 is 7.06. The van der Waals surface area contributed by atoms with Gasteiger partial charge in [0.15, 0.2) is 0 Å². The fraction of sp³-hybridized carbons (Fsp3) is 0.235. The third kappa shape index (κ3) is 4.24. The number of hydrogen-bond donors (Lipinski definition) is 1. The Morgan fingerprint density at radius 3 is 2.48 bits per heavy atom. The molecule has 2 aromatic carbocycles. The van der Waals surface area contributed by atoms with Crippen LogP contribution in [0.2, 0.25) is 5.02 Å². The van der Waals surface area contributed by atoms with Crippen molar-refractivity contribution in [2.75, 3.05) is 0 Å². The smallest absolute Gasteiger partial charge is 0.238 e. The standard InChI is InChI=1S/C17H14ClF2NOS/c18-14-9-13(7-8-15(14)20)23-16(17(22)21-12-5-6-12)10-1-3-11(19)4-2-10/h1-4,7-9,12,16H,5-6H2,(H,21,22). The zero-order chi connectivity index (χ0) is 16.4.